The predicted molar refractivity (Wildman–Crippen MR) is 84.2 cm³/mol. The van der Waals surface area contributed by atoms with Crippen LogP contribution in [0, 0.1) is 0 Å². The van der Waals surface area contributed by atoms with Gasteiger partial charge in [0.1, 0.15) is 0 Å². The highest BCUT2D eigenvalue weighted by Crippen LogP contribution is 2.32. The Morgan fingerprint density at radius 3 is 2.95 bits per heavy atom. The van der Waals surface area contributed by atoms with Gasteiger partial charge in [-0.25, -0.2) is 9.78 Å². The van der Waals surface area contributed by atoms with Crippen LogP contribution in [-0.2, 0) is 9.53 Å². The normalized spacial score (nSPS) is 11.5. The molecule has 0 bridgehead atoms. The van der Waals surface area contributed by atoms with Gasteiger partial charge in [0.2, 0.25) is 0 Å². The molecular weight excluding hydrogens is 288 g/mol. The first-order valence-corrected chi connectivity index (χ1v) is 6.98. The fourth-order valence-electron chi connectivity index (χ4n) is 2.39. The Morgan fingerprint density at radius 2 is 2.14 bits per heavy atom. The Kier molecular flexibility index (Phi) is 3.62. The molecule has 0 atom stereocenters. The highest BCUT2D eigenvalue weighted by atomic mass is 35.5. The van der Waals surface area contributed by atoms with Crippen molar-refractivity contribution in [2.24, 2.45) is 0 Å². The number of nitrogens with zero attached hydrogens (tertiary/aromatic N) is 2. The van der Waals surface area contributed by atoms with Crippen molar-refractivity contribution in [1.82, 2.24) is 9.55 Å². The van der Waals surface area contributed by atoms with Crippen molar-refractivity contribution in [3.63, 3.8) is 0 Å². The molecule has 0 radical (unpaired) electrons. The lowest BCUT2D eigenvalue weighted by atomic mass is 10.2. The van der Waals surface area contributed by atoms with Gasteiger partial charge in [0, 0.05) is 29.2 Å². The zero-order valence-electron chi connectivity index (χ0n) is 11.4. The minimum Gasteiger partial charge on any atom is -0.463 e. The van der Waals surface area contributed by atoms with E-state index in [0.29, 0.717) is 11.8 Å². The largest absolute Gasteiger partial charge is 0.463 e. The topological polar surface area (TPSA) is 44.1 Å². The first-order valence-electron chi connectivity index (χ1n) is 6.60. The summed E-state index contributed by atoms with van der Waals surface area (Å²) in [6.45, 7) is 2.12. The Labute approximate surface area is 126 Å². The van der Waals surface area contributed by atoms with E-state index in [9.17, 15) is 4.79 Å². The van der Waals surface area contributed by atoms with Crippen LogP contribution >= 0.6 is 11.6 Å². The van der Waals surface area contributed by atoms with E-state index in [-0.39, 0.29) is 5.97 Å². The lowest BCUT2D eigenvalue weighted by Crippen LogP contribution is -2.00. The van der Waals surface area contributed by atoms with E-state index in [2.05, 4.69) is 4.98 Å². The number of halogens is 1. The van der Waals surface area contributed by atoms with Gasteiger partial charge in [-0.1, -0.05) is 29.8 Å². The maximum atomic E-state index is 11.5. The molecule has 1 aromatic carbocycles. The molecular formula is C16H13ClN2O2. The Hall–Kier alpha value is -2.33. The third kappa shape index (κ3) is 2.38. The molecule has 2 aromatic heterocycles. The summed E-state index contributed by atoms with van der Waals surface area (Å²) >= 11 is 6.23. The summed E-state index contributed by atoms with van der Waals surface area (Å²) in [5, 5.41) is 2.46. The minimum atomic E-state index is -0.386. The number of aromatic nitrogens is 2. The summed E-state index contributed by atoms with van der Waals surface area (Å²) < 4.78 is 6.76. The number of pyridine rings is 1. The smallest absolute Gasteiger partial charge is 0.332 e. The van der Waals surface area contributed by atoms with Gasteiger partial charge < -0.3 is 9.30 Å². The molecule has 21 heavy (non-hydrogen) atoms. The van der Waals surface area contributed by atoms with Crippen molar-refractivity contribution in [2.45, 2.75) is 6.92 Å². The van der Waals surface area contributed by atoms with Crippen molar-refractivity contribution in [1.29, 1.82) is 0 Å². The number of esters is 1. The van der Waals surface area contributed by atoms with Crippen LogP contribution in [0.5, 0.6) is 0 Å². The van der Waals surface area contributed by atoms with Crippen LogP contribution in [-0.4, -0.2) is 22.1 Å². The van der Waals surface area contributed by atoms with Crippen LogP contribution in [0.3, 0.4) is 0 Å². The molecule has 0 spiro atoms. The number of ether oxygens (including phenoxy) is 1. The van der Waals surface area contributed by atoms with Crippen LogP contribution in [0.2, 0.25) is 5.15 Å². The number of rotatable bonds is 3. The van der Waals surface area contributed by atoms with Crippen molar-refractivity contribution in [3.8, 4) is 0 Å². The number of carbonyl (C=O) groups excluding carboxylic acids is 1. The molecule has 0 aliphatic heterocycles. The Bertz CT molecular complexity index is 852. The molecule has 0 unspecified atom stereocenters. The Balaban J connectivity index is 2.25. The third-order valence-corrected chi connectivity index (χ3v) is 3.50. The third-order valence-electron chi connectivity index (χ3n) is 3.22. The van der Waals surface area contributed by atoms with Gasteiger partial charge in [-0.2, -0.15) is 0 Å². The van der Waals surface area contributed by atoms with E-state index < -0.39 is 0 Å². The molecule has 3 aromatic rings. The second kappa shape index (κ2) is 5.58. The van der Waals surface area contributed by atoms with Crippen molar-refractivity contribution in [2.75, 3.05) is 6.61 Å². The van der Waals surface area contributed by atoms with E-state index in [1.165, 1.54) is 6.08 Å². The quantitative estimate of drug-likeness (QED) is 0.419. The maximum Gasteiger partial charge on any atom is 0.332 e. The molecule has 0 aliphatic carbocycles. The van der Waals surface area contributed by atoms with Gasteiger partial charge in [-0.15, -0.1) is 0 Å². The lowest BCUT2D eigenvalue weighted by Gasteiger charge is -2.01. The average molecular weight is 301 g/mol. The van der Waals surface area contributed by atoms with Crippen molar-refractivity contribution >= 4 is 45.6 Å². The van der Waals surface area contributed by atoms with Crippen LogP contribution in [0.4, 0.5) is 0 Å². The first-order chi connectivity index (χ1) is 10.2. The molecule has 0 fully saturated rings. The van der Waals surface area contributed by atoms with Gasteiger partial charge in [-0.05, 0) is 19.1 Å². The van der Waals surface area contributed by atoms with Crippen LogP contribution in [0.1, 0.15) is 6.92 Å². The van der Waals surface area contributed by atoms with Crippen LogP contribution < -0.4 is 0 Å². The minimum absolute atomic E-state index is 0.346. The van der Waals surface area contributed by atoms with Gasteiger partial charge >= 0.3 is 5.97 Å². The van der Waals surface area contributed by atoms with E-state index in [0.717, 1.165) is 21.8 Å². The summed E-state index contributed by atoms with van der Waals surface area (Å²) in [5.41, 5.74) is 1.74. The van der Waals surface area contributed by atoms with Gasteiger partial charge in [-0.3, -0.25) is 0 Å². The van der Waals surface area contributed by atoms with E-state index in [1.807, 2.05) is 34.9 Å². The van der Waals surface area contributed by atoms with Crippen molar-refractivity contribution < 1.29 is 9.53 Å². The zero-order valence-corrected chi connectivity index (χ0v) is 12.2. The zero-order chi connectivity index (χ0) is 14.8. The number of para-hydroxylation sites is 1. The molecule has 4 nitrogen and oxygen atoms in total. The summed E-state index contributed by atoms with van der Waals surface area (Å²) in [4.78, 5) is 15.6. The van der Waals surface area contributed by atoms with Crippen LogP contribution in [0.25, 0.3) is 28.0 Å². The first kappa shape index (κ1) is 13.6. The van der Waals surface area contributed by atoms with Gasteiger partial charge in [0.15, 0.2) is 5.15 Å². The standard InChI is InChI=1S/C16H13ClN2O2/c1-2-21-14(20)8-10-19-13-6-4-3-5-11(13)12-7-9-18-16(17)15(12)19/h3-10H,2H2,1H3/b10-8+. The predicted octanol–water partition coefficient (Wildman–Crippen LogP) is 3.88. The average Bonchev–Trinajstić information content (AvgIpc) is 2.81. The second-order valence-electron chi connectivity index (χ2n) is 4.45. The maximum absolute atomic E-state index is 11.5. The fourth-order valence-corrected chi connectivity index (χ4v) is 2.64. The van der Waals surface area contributed by atoms with Gasteiger partial charge in [0.05, 0.1) is 17.6 Å². The number of benzene rings is 1. The summed E-state index contributed by atoms with van der Waals surface area (Å²) in [5.74, 6) is -0.386. The lowest BCUT2D eigenvalue weighted by molar-refractivity contribution is -0.137. The summed E-state index contributed by atoms with van der Waals surface area (Å²) in [6, 6.07) is 9.81. The summed E-state index contributed by atoms with van der Waals surface area (Å²) in [6.07, 6.45) is 4.73. The molecule has 5 heteroatoms. The highest BCUT2D eigenvalue weighted by Gasteiger charge is 2.12. The molecule has 0 saturated heterocycles. The number of hydrogen-bond donors (Lipinski definition) is 0. The number of hydrogen-bond acceptors (Lipinski definition) is 3. The highest BCUT2D eigenvalue weighted by molar-refractivity contribution is 6.35. The van der Waals surface area contributed by atoms with E-state index in [4.69, 9.17) is 16.3 Å². The van der Waals surface area contributed by atoms with Crippen LogP contribution in [0.15, 0.2) is 42.6 Å². The number of fused-ring (bicyclic) bond motifs is 3. The molecule has 3 rings (SSSR count). The molecule has 0 N–H and O–H groups in total. The summed E-state index contributed by atoms with van der Waals surface area (Å²) in [7, 11) is 0. The molecule has 0 amide bonds. The Morgan fingerprint density at radius 1 is 1.33 bits per heavy atom. The molecule has 2 heterocycles. The monoisotopic (exact) mass is 300 g/mol. The van der Waals surface area contributed by atoms with E-state index >= 15 is 0 Å². The molecule has 0 aliphatic rings. The number of carbonyl (C=O) groups is 1. The molecule has 0 saturated carbocycles. The fraction of sp³-hybridized carbons (Fsp3) is 0.125. The second-order valence-corrected chi connectivity index (χ2v) is 4.81. The van der Waals surface area contributed by atoms with Gasteiger partial charge in [0.25, 0.3) is 0 Å². The molecule has 106 valence electrons. The van der Waals surface area contributed by atoms with Crippen molar-refractivity contribution in [3.05, 3.63) is 47.8 Å². The SMILES string of the molecule is CCOC(=O)/C=C/n1c2ccccc2c2ccnc(Cl)c21. The van der Waals surface area contributed by atoms with E-state index in [1.54, 1.807) is 19.3 Å².